The van der Waals surface area contributed by atoms with Crippen LogP contribution in [0.15, 0.2) is 18.2 Å². The Bertz CT molecular complexity index is 492. The molecule has 1 aliphatic rings. The largest absolute Gasteiger partial charge is 0.488 e. The van der Waals surface area contributed by atoms with Gasteiger partial charge < -0.3 is 14.8 Å². The van der Waals surface area contributed by atoms with Crippen molar-refractivity contribution in [2.45, 2.75) is 38.5 Å². The van der Waals surface area contributed by atoms with Gasteiger partial charge in [-0.2, -0.15) is 0 Å². The molecule has 1 fully saturated rings. The van der Waals surface area contributed by atoms with Crippen molar-refractivity contribution in [3.8, 4) is 5.75 Å². The van der Waals surface area contributed by atoms with E-state index in [1.54, 1.807) is 26.2 Å². The van der Waals surface area contributed by atoms with Gasteiger partial charge in [0.25, 0.3) is 5.69 Å². The van der Waals surface area contributed by atoms with Crippen LogP contribution >= 0.6 is 0 Å². The molecule has 0 saturated heterocycles. The van der Waals surface area contributed by atoms with E-state index in [0.29, 0.717) is 17.4 Å². The Hall–Kier alpha value is -1.66. The molecule has 20 heavy (non-hydrogen) atoms. The number of hydrogen-bond acceptors (Lipinski definition) is 5. The van der Waals surface area contributed by atoms with E-state index in [9.17, 15) is 10.1 Å². The smallest absolute Gasteiger partial charge is 0.272 e. The van der Waals surface area contributed by atoms with E-state index in [1.807, 2.05) is 0 Å². The molecule has 6 nitrogen and oxygen atoms in total. The number of benzene rings is 1. The van der Waals surface area contributed by atoms with E-state index in [0.717, 1.165) is 13.0 Å². The first-order valence-corrected chi connectivity index (χ1v) is 6.74. The van der Waals surface area contributed by atoms with Crippen LogP contribution in [0.1, 0.15) is 18.9 Å². The van der Waals surface area contributed by atoms with Gasteiger partial charge in [0.05, 0.1) is 4.92 Å². The molecule has 1 saturated carbocycles. The highest BCUT2D eigenvalue weighted by molar-refractivity contribution is 5.44. The third kappa shape index (κ3) is 2.91. The molecule has 2 rings (SSSR count). The molecule has 6 heteroatoms. The fourth-order valence-electron chi connectivity index (χ4n) is 2.56. The van der Waals surface area contributed by atoms with Gasteiger partial charge in [-0.3, -0.25) is 10.1 Å². The number of likely N-dealkylation sites (N-methyl/N-ethyl adjacent to an activating group) is 1. The van der Waals surface area contributed by atoms with Crippen LogP contribution in [0, 0.1) is 17.0 Å². The van der Waals surface area contributed by atoms with E-state index in [-0.39, 0.29) is 22.8 Å². The molecule has 1 aromatic carbocycles. The average molecular weight is 280 g/mol. The maximum Gasteiger partial charge on any atom is 0.272 e. The molecule has 3 atom stereocenters. The highest BCUT2D eigenvalue weighted by Gasteiger charge is 2.42. The molecule has 3 unspecified atom stereocenters. The number of methoxy groups -OCH3 is 1. The van der Waals surface area contributed by atoms with Crippen LogP contribution in [0.3, 0.4) is 0 Å². The van der Waals surface area contributed by atoms with Crippen LogP contribution in [0.4, 0.5) is 5.69 Å². The first kappa shape index (κ1) is 14.7. The highest BCUT2D eigenvalue weighted by atomic mass is 16.6. The number of hydrogen-bond donors (Lipinski definition) is 1. The lowest BCUT2D eigenvalue weighted by atomic mass is 9.85. The molecule has 1 N–H and O–H groups in total. The normalized spacial score (nSPS) is 25.1. The predicted octanol–water partition coefficient (Wildman–Crippen LogP) is 2.05. The minimum absolute atomic E-state index is 0.00935. The van der Waals surface area contributed by atoms with Gasteiger partial charge in [-0.25, -0.2) is 0 Å². The maximum absolute atomic E-state index is 10.8. The van der Waals surface area contributed by atoms with Gasteiger partial charge in [0.2, 0.25) is 0 Å². The molecule has 0 aromatic heterocycles. The lowest BCUT2D eigenvalue weighted by Crippen LogP contribution is -2.60. The summed E-state index contributed by atoms with van der Waals surface area (Å²) in [6.45, 7) is 4.66. The summed E-state index contributed by atoms with van der Waals surface area (Å²) in [5, 5.41) is 14.1. The van der Waals surface area contributed by atoms with Crippen LogP contribution in [-0.4, -0.2) is 36.8 Å². The first-order chi connectivity index (χ1) is 9.56. The Morgan fingerprint density at radius 3 is 2.80 bits per heavy atom. The van der Waals surface area contributed by atoms with Crippen LogP contribution in [0.5, 0.6) is 5.75 Å². The fourth-order valence-corrected chi connectivity index (χ4v) is 2.56. The average Bonchev–Trinajstić information content (AvgIpc) is 2.37. The monoisotopic (exact) mass is 280 g/mol. The quantitative estimate of drug-likeness (QED) is 0.637. The van der Waals surface area contributed by atoms with Crippen LogP contribution in [0.25, 0.3) is 0 Å². The van der Waals surface area contributed by atoms with Crippen molar-refractivity contribution in [1.82, 2.24) is 5.32 Å². The molecule has 0 aliphatic heterocycles. The number of nitrogens with zero attached hydrogens (tertiary/aromatic N) is 1. The molecule has 0 spiro atoms. The standard InChI is InChI=1S/C14H20N2O4/c1-4-15-11-8-13(14(11)19-3)20-10-5-6-12(16(17)18)9(2)7-10/h5-7,11,13-15H,4,8H2,1-3H3. The Labute approximate surface area is 118 Å². The van der Waals surface area contributed by atoms with Crippen molar-refractivity contribution in [2.75, 3.05) is 13.7 Å². The summed E-state index contributed by atoms with van der Waals surface area (Å²) in [5.74, 6) is 0.648. The Balaban J connectivity index is 2.01. The molecular formula is C14H20N2O4. The zero-order valence-corrected chi connectivity index (χ0v) is 12.0. The molecule has 0 bridgehead atoms. The molecule has 0 amide bonds. The zero-order chi connectivity index (χ0) is 14.7. The van der Waals surface area contributed by atoms with Gasteiger partial charge in [0.1, 0.15) is 18.0 Å². The van der Waals surface area contributed by atoms with E-state index < -0.39 is 0 Å². The second kappa shape index (κ2) is 6.19. The van der Waals surface area contributed by atoms with Crippen LogP contribution in [0.2, 0.25) is 0 Å². The summed E-state index contributed by atoms with van der Waals surface area (Å²) in [4.78, 5) is 10.4. The minimum Gasteiger partial charge on any atom is -0.488 e. The van der Waals surface area contributed by atoms with Gasteiger partial charge in [0, 0.05) is 31.2 Å². The predicted molar refractivity (Wildman–Crippen MR) is 75.1 cm³/mol. The summed E-state index contributed by atoms with van der Waals surface area (Å²) >= 11 is 0. The van der Waals surface area contributed by atoms with Gasteiger partial charge in [-0.1, -0.05) is 6.92 Å². The zero-order valence-electron chi connectivity index (χ0n) is 12.0. The number of aryl methyl sites for hydroxylation is 1. The SMILES string of the molecule is CCNC1CC(Oc2ccc([N+](=O)[O-])c(C)c2)C1OC. The number of ether oxygens (including phenoxy) is 2. The minimum atomic E-state index is -0.387. The van der Waals surface area contributed by atoms with Crippen molar-refractivity contribution >= 4 is 5.69 Å². The maximum atomic E-state index is 10.8. The molecule has 1 aromatic rings. The van der Waals surface area contributed by atoms with E-state index >= 15 is 0 Å². The second-order valence-electron chi connectivity index (χ2n) is 4.96. The summed E-state index contributed by atoms with van der Waals surface area (Å²) in [6, 6.07) is 5.13. The third-order valence-corrected chi connectivity index (χ3v) is 3.64. The number of nitrogens with one attached hydrogen (secondary N) is 1. The van der Waals surface area contributed by atoms with Gasteiger partial charge in [0.15, 0.2) is 0 Å². The van der Waals surface area contributed by atoms with E-state index in [2.05, 4.69) is 12.2 Å². The number of rotatable bonds is 6. The fraction of sp³-hybridized carbons (Fsp3) is 0.571. The lowest BCUT2D eigenvalue weighted by molar-refractivity contribution is -0.385. The van der Waals surface area contributed by atoms with Crippen LogP contribution < -0.4 is 10.1 Å². The number of nitro groups is 1. The van der Waals surface area contributed by atoms with Crippen molar-refractivity contribution in [3.63, 3.8) is 0 Å². The summed E-state index contributed by atoms with van der Waals surface area (Å²) < 4.78 is 11.3. The molecule has 0 heterocycles. The van der Waals surface area contributed by atoms with E-state index in [4.69, 9.17) is 9.47 Å². The highest BCUT2D eigenvalue weighted by Crippen LogP contribution is 2.30. The Morgan fingerprint density at radius 1 is 1.50 bits per heavy atom. The molecular weight excluding hydrogens is 260 g/mol. The van der Waals surface area contributed by atoms with Crippen molar-refractivity contribution in [3.05, 3.63) is 33.9 Å². The van der Waals surface area contributed by atoms with Gasteiger partial charge in [-0.15, -0.1) is 0 Å². The summed E-state index contributed by atoms with van der Waals surface area (Å²) in [6.07, 6.45) is 0.887. The first-order valence-electron chi connectivity index (χ1n) is 6.74. The lowest BCUT2D eigenvalue weighted by Gasteiger charge is -2.43. The number of nitro benzene ring substituents is 1. The third-order valence-electron chi connectivity index (χ3n) is 3.64. The Kier molecular flexibility index (Phi) is 4.57. The van der Waals surface area contributed by atoms with Crippen LogP contribution in [-0.2, 0) is 4.74 Å². The second-order valence-corrected chi connectivity index (χ2v) is 4.96. The van der Waals surface area contributed by atoms with Crippen molar-refractivity contribution < 1.29 is 14.4 Å². The van der Waals surface area contributed by atoms with Crippen molar-refractivity contribution in [2.24, 2.45) is 0 Å². The van der Waals surface area contributed by atoms with Gasteiger partial charge in [-0.05, 0) is 25.6 Å². The Morgan fingerprint density at radius 2 is 2.25 bits per heavy atom. The molecule has 1 aliphatic carbocycles. The molecule has 0 radical (unpaired) electrons. The van der Waals surface area contributed by atoms with Crippen molar-refractivity contribution in [1.29, 1.82) is 0 Å². The summed E-state index contributed by atoms with van der Waals surface area (Å²) in [7, 11) is 1.67. The summed E-state index contributed by atoms with van der Waals surface area (Å²) in [5.41, 5.74) is 0.712. The van der Waals surface area contributed by atoms with E-state index in [1.165, 1.54) is 6.07 Å². The molecule has 110 valence electrons. The topological polar surface area (TPSA) is 73.6 Å². The van der Waals surface area contributed by atoms with Gasteiger partial charge >= 0.3 is 0 Å².